The van der Waals surface area contributed by atoms with E-state index in [0.29, 0.717) is 36.6 Å². The number of anilines is 1. The van der Waals surface area contributed by atoms with Gasteiger partial charge in [-0.1, -0.05) is 31.0 Å². The fraction of sp³-hybridized carbons (Fsp3) is 0.464. The Balaban J connectivity index is 1.45. The largest absolute Gasteiger partial charge is 0.508 e. The van der Waals surface area contributed by atoms with E-state index < -0.39 is 24.0 Å². The maximum absolute atomic E-state index is 11.7. The molecule has 0 fully saturated rings. The third kappa shape index (κ3) is 12.7. The van der Waals surface area contributed by atoms with Gasteiger partial charge in [0.05, 0.1) is 12.7 Å². The smallest absolute Gasteiger partial charge is 0.394 e. The topological polar surface area (TPSA) is 177 Å². The molecule has 39 heavy (non-hydrogen) atoms. The number of imide groups is 1. The number of carboxylic acid groups (broad SMARTS) is 1. The molecule has 2 aromatic rings. The quantitative estimate of drug-likeness (QED) is 0.116. The van der Waals surface area contributed by atoms with Crippen LogP contribution >= 0.6 is 0 Å². The highest BCUT2D eigenvalue weighted by Crippen LogP contribution is 2.22. The average molecular weight is 546 g/mol. The molecule has 0 bridgehead atoms. The maximum atomic E-state index is 11.7. The van der Waals surface area contributed by atoms with E-state index >= 15 is 0 Å². The molecule has 0 saturated carbocycles. The Morgan fingerprint density at radius 2 is 1.67 bits per heavy atom. The minimum atomic E-state index is -1.73. The molecule has 11 nitrogen and oxygen atoms in total. The van der Waals surface area contributed by atoms with Crippen LogP contribution in [0.2, 0.25) is 0 Å². The van der Waals surface area contributed by atoms with Crippen LogP contribution < -0.4 is 16.0 Å². The summed E-state index contributed by atoms with van der Waals surface area (Å²) in [6, 6.07) is 11.0. The van der Waals surface area contributed by atoms with Crippen LogP contribution in [0.4, 0.5) is 10.5 Å². The van der Waals surface area contributed by atoms with E-state index in [4.69, 9.17) is 9.84 Å². The van der Waals surface area contributed by atoms with Crippen molar-refractivity contribution in [2.45, 2.75) is 57.7 Å². The molecule has 7 N–H and O–H groups in total. The number of aliphatic hydroxyl groups excluding tert-OH is 2. The second kappa shape index (κ2) is 17.9. The van der Waals surface area contributed by atoms with E-state index in [-0.39, 0.29) is 12.4 Å². The molecule has 3 amide bonds. The van der Waals surface area contributed by atoms with Crippen molar-refractivity contribution in [3.05, 3.63) is 59.2 Å². The number of ether oxygens (including phenoxy) is 1. The molecule has 0 unspecified atom stereocenters. The summed E-state index contributed by atoms with van der Waals surface area (Å²) in [4.78, 5) is 33.2. The molecule has 214 valence electrons. The molecule has 2 aromatic carbocycles. The molecule has 2 rings (SSSR count). The monoisotopic (exact) mass is 545 g/mol. The van der Waals surface area contributed by atoms with Gasteiger partial charge in [-0.3, -0.25) is 10.1 Å². The first-order valence-corrected chi connectivity index (χ1v) is 13.1. The van der Waals surface area contributed by atoms with Gasteiger partial charge in [-0.25, -0.2) is 9.59 Å². The normalized spacial score (nSPS) is 11.6. The van der Waals surface area contributed by atoms with Crippen molar-refractivity contribution < 1.29 is 39.5 Å². The second-order valence-electron chi connectivity index (χ2n) is 9.16. The third-order valence-electron chi connectivity index (χ3n) is 6.00. The molecule has 0 radical (unpaired) electrons. The van der Waals surface area contributed by atoms with Crippen LogP contribution in [-0.4, -0.2) is 64.6 Å². The molecule has 0 heterocycles. The van der Waals surface area contributed by atoms with Crippen LogP contribution in [0.3, 0.4) is 0 Å². The first-order chi connectivity index (χ1) is 18.8. The van der Waals surface area contributed by atoms with Crippen LogP contribution in [0, 0.1) is 0 Å². The fourth-order valence-electron chi connectivity index (χ4n) is 3.86. The second-order valence-corrected chi connectivity index (χ2v) is 9.16. The lowest BCUT2D eigenvalue weighted by atomic mass is 10.1. The standard InChI is InChI=1S/C28H39N3O8/c32-19-22-17-21(11-12-24(22)33)25(34)18-29-13-4-1-2-5-14-39-15-6-3-8-20-9-7-10-23(16-20)30-28(38)31-26(35)27(36)37/h7,9-12,16-17,25,29,32-34H,1-6,8,13-15,18-19H2,(H,36,37)(H2,30,31,35,38)/t25-/m0/s1. The van der Waals surface area contributed by atoms with Crippen molar-refractivity contribution in [2.24, 2.45) is 0 Å². The van der Waals surface area contributed by atoms with Gasteiger partial charge in [0.15, 0.2) is 0 Å². The van der Waals surface area contributed by atoms with Gasteiger partial charge >= 0.3 is 17.9 Å². The van der Waals surface area contributed by atoms with E-state index in [1.165, 1.54) is 6.07 Å². The number of aromatic hydroxyl groups is 1. The number of hydrogen-bond acceptors (Lipinski definition) is 8. The predicted molar refractivity (Wildman–Crippen MR) is 145 cm³/mol. The number of hydrogen-bond donors (Lipinski definition) is 7. The molecule has 0 saturated heterocycles. The number of carboxylic acids is 1. The number of benzene rings is 2. The van der Waals surface area contributed by atoms with Gasteiger partial charge in [-0.15, -0.1) is 0 Å². The number of aliphatic carboxylic acids is 1. The molecule has 0 aliphatic heterocycles. The Hall–Kier alpha value is -3.51. The lowest BCUT2D eigenvalue weighted by Crippen LogP contribution is -2.38. The van der Waals surface area contributed by atoms with Gasteiger partial charge in [0.25, 0.3) is 0 Å². The van der Waals surface area contributed by atoms with E-state index in [1.807, 2.05) is 6.07 Å². The van der Waals surface area contributed by atoms with Crippen molar-refractivity contribution in [2.75, 3.05) is 31.6 Å². The third-order valence-corrected chi connectivity index (χ3v) is 6.00. The number of aliphatic hydroxyl groups is 2. The van der Waals surface area contributed by atoms with E-state index in [0.717, 1.165) is 57.1 Å². The number of unbranched alkanes of at least 4 members (excludes halogenated alkanes) is 4. The Bertz CT molecular complexity index is 1060. The van der Waals surface area contributed by atoms with Gasteiger partial charge in [0.2, 0.25) is 0 Å². The summed E-state index contributed by atoms with van der Waals surface area (Å²) in [5, 5.41) is 45.0. The minimum absolute atomic E-state index is 0.0205. The van der Waals surface area contributed by atoms with Crippen LogP contribution in [0.1, 0.15) is 61.3 Å². The average Bonchev–Trinajstić information content (AvgIpc) is 2.91. The lowest BCUT2D eigenvalue weighted by Gasteiger charge is -2.14. The van der Waals surface area contributed by atoms with Gasteiger partial charge in [-0.05, 0) is 74.0 Å². The molecule has 11 heteroatoms. The molecule has 0 aromatic heterocycles. The van der Waals surface area contributed by atoms with E-state index in [2.05, 4.69) is 10.6 Å². The molecule has 0 aliphatic rings. The number of phenols is 1. The Morgan fingerprint density at radius 1 is 0.923 bits per heavy atom. The zero-order chi connectivity index (χ0) is 28.5. The number of aryl methyl sites for hydroxylation is 1. The number of rotatable bonds is 17. The lowest BCUT2D eigenvalue weighted by molar-refractivity contribution is -0.149. The van der Waals surface area contributed by atoms with Crippen LogP contribution in [0.15, 0.2) is 42.5 Å². The van der Waals surface area contributed by atoms with Crippen LogP contribution in [-0.2, 0) is 27.4 Å². The van der Waals surface area contributed by atoms with Crippen molar-refractivity contribution in [3.63, 3.8) is 0 Å². The molecular weight excluding hydrogens is 506 g/mol. The number of carbonyl (C=O) groups is 3. The van der Waals surface area contributed by atoms with E-state index in [1.54, 1.807) is 35.6 Å². The minimum Gasteiger partial charge on any atom is -0.508 e. The SMILES string of the molecule is O=C(NC(=O)C(=O)O)Nc1cccc(CCCCOCCCCCCNC[C@H](O)c2ccc(O)c(CO)c2)c1. The highest BCUT2D eigenvalue weighted by atomic mass is 16.5. The predicted octanol–water partition coefficient (Wildman–Crippen LogP) is 2.84. The van der Waals surface area contributed by atoms with Crippen molar-refractivity contribution in [1.82, 2.24) is 10.6 Å². The summed E-state index contributed by atoms with van der Waals surface area (Å²) in [6.45, 7) is 2.31. The summed E-state index contributed by atoms with van der Waals surface area (Å²) < 4.78 is 5.71. The number of carbonyl (C=O) groups excluding carboxylic acids is 2. The zero-order valence-corrected chi connectivity index (χ0v) is 22.0. The summed E-state index contributed by atoms with van der Waals surface area (Å²) in [6.07, 6.45) is 6.02. The number of nitrogens with one attached hydrogen (secondary N) is 3. The Kier molecular flexibility index (Phi) is 14.6. The van der Waals surface area contributed by atoms with E-state index in [9.17, 15) is 29.7 Å². The molecular formula is C28H39N3O8. The van der Waals surface area contributed by atoms with Gasteiger partial charge in [0.1, 0.15) is 5.75 Å². The maximum Gasteiger partial charge on any atom is 0.394 e. The van der Waals surface area contributed by atoms with Gasteiger partial charge in [0, 0.05) is 31.0 Å². The van der Waals surface area contributed by atoms with Gasteiger partial charge in [-0.2, -0.15) is 0 Å². The summed E-state index contributed by atoms with van der Waals surface area (Å²) in [5.41, 5.74) is 2.54. The van der Waals surface area contributed by atoms with Crippen molar-refractivity contribution >= 4 is 23.6 Å². The highest BCUT2D eigenvalue weighted by molar-refractivity contribution is 6.35. The Morgan fingerprint density at radius 3 is 2.41 bits per heavy atom. The summed E-state index contributed by atoms with van der Waals surface area (Å²) >= 11 is 0. The highest BCUT2D eigenvalue weighted by Gasteiger charge is 2.15. The zero-order valence-electron chi connectivity index (χ0n) is 22.0. The Labute approximate surface area is 228 Å². The summed E-state index contributed by atoms with van der Waals surface area (Å²) in [5.74, 6) is -3.10. The number of urea groups is 1. The van der Waals surface area contributed by atoms with Gasteiger partial charge < -0.3 is 35.8 Å². The summed E-state index contributed by atoms with van der Waals surface area (Å²) in [7, 11) is 0. The van der Waals surface area contributed by atoms with Crippen molar-refractivity contribution in [3.8, 4) is 5.75 Å². The first kappa shape index (κ1) is 31.7. The molecule has 0 spiro atoms. The van der Waals surface area contributed by atoms with Crippen LogP contribution in [0.5, 0.6) is 5.75 Å². The number of amides is 3. The van der Waals surface area contributed by atoms with Crippen LogP contribution in [0.25, 0.3) is 0 Å². The molecule has 1 atom stereocenters. The first-order valence-electron chi connectivity index (χ1n) is 13.1. The molecule has 0 aliphatic carbocycles. The fourth-order valence-corrected chi connectivity index (χ4v) is 3.86. The van der Waals surface area contributed by atoms with Crippen molar-refractivity contribution in [1.29, 1.82) is 0 Å².